The van der Waals surface area contributed by atoms with Crippen molar-refractivity contribution in [3.8, 4) is 0 Å². The van der Waals surface area contributed by atoms with Gasteiger partial charge in [0.1, 0.15) is 11.6 Å². The van der Waals surface area contributed by atoms with Crippen LogP contribution in [0.3, 0.4) is 0 Å². The summed E-state index contributed by atoms with van der Waals surface area (Å²) in [4.78, 5) is 13.8. The summed E-state index contributed by atoms with van der Waals surface area (Å²) >= 11 is 0. The van der Waals surface area contributed by atoms with E-state index in [0.717, 1.165) is 50.5 Å². The van der Waals surface area contributed by atoms with Crippen LogP contribution in [0.25, 0.3) is 0 Å². The normalized spacial score (nSPS) is 23.4. The number of aromatic nitrogens is 3. The number of nitrogens with one attached hydrogen (secondary N) is 1. The van der Waals surface area contributed by atoms with E-state index < -0.39 is 0 Å². The molecular formula is C15H25N5O. The fourth-order valence-corrected chi connectivity index (χ4v) is 3.50. The molecule has 1 amide bonds. The fraction of sp³-hybridized carbons (Fsp3) is 0.800. The zero-order valence-electron chi connectivity index (χ0n) is 12.8. The van der Waals surface area contributed by atoms with Crippen LogP contribution in [0.2, 0.25) is 0 Å². The summed E-state index contributed by atoms with van der Waals surface area (Å²) in [5, 5.41) is 11.6. The summed E-state index contributed by atoms with van der Waals surface area (Å²) < 4.78 is 2.35. The molecule has 1 fully saturated rings. The number of carbonyl (C=O) groups excluding carboxylic acids is 1. The standard InChI is InChI=1S/C15H25N5O/c1-16-14(21)11-19-8-5-6-12(10-19)15-18-17-13-7-3-2-4-9-20(13)15/h12H,2-11H2,1H3,(H,16,21). The van der Waals surface area contributed by atoms with E-state index in [9.17, 15) is 4.79 Å². The van der Waals surface area contributed by atoms with Gasteiger partial charge in [-0.25, -0.2) is 0 Å². The van der Waals surface area contributed by atoms with Gasteiger partial charge in [-0.3, -0.25) is 9.69 Å². The van der Waals surface area contributed by atoms with E-state index in [-0.39, 0.29) is 5.91 Å². The number of amides is 1. The first-order valence-corrected chi connectivity index (χ1v) is 8.13. The summed E-state index contributed by atoms with van der Waals surface area (Å²) in [6.07, 6.45) is 7.09. The van der Waals surface area contributed by atoms with Gasteiger partial charge in [-0.2, -0.15) is 0 Å². The average molecular weight is 291 g/mol. The van der Waals surface area contributed by atoms with Gasteiger partial charge >= 0.3 is 0 Å². The minimum atomic E-state index is 0.0933. The minimum absolute atomic E-state index is 0.0933. The van der Waals surface area contributed by atoms with Crippen molar-refractivity contribution in [3.05, 3.63) is 11.6 Å². The Morgan fingerprint density at radius 2 is 2.14 bits per heavy atom. The Morgan fingerprint density at radius 1 is 1.24 bits per heavy atom. The molecule has 6 heteroatoms. The second-order valence-corrected chi connectivity index (χ2v) is 6.18. The third-order valence-corrected chi connectivity index (χ3v) is 4.65. The highest BCUT2D eigenvalue weighted by Crippen LogP contribution is 2.27. The topological polar surface area (TPSA) is 63.1 Å². The molecule has 1 atom stereocenters. The molecule has 3 rings (SSSR count). The number of aryl methyl sites for hydroxylation is 1. The maximum absolute atomic E-state index is 11.6. The molecule has 2 aliphatic heterocycles. The lowest BCUT2D eigenvalue weighted by Crippen LogP contribution is -2.41. The lowest BCUT2D eigenvalue weighted by molar-refractivity contribution is -0.122. The number of nitrogens with zero attached hydrogens (tertiary/aromatic N) is 4. The molecule has 1 aromatic heterocycles. The molecule has 0 spiro atoms. The predicted octanol–water partition coefficient (Wildman–Crippen LogP) is 0.930. The average Bonchev–Trinajstić information content (AvgIpc) is 2.76. The Bertz CT molecular complexity index is 498. The highest BCUT2D eigenvalue weighted by molar-refractivity contribution is 5.77. The molecule has 0 radical (unpaired) electrons. The Balaban J connectivity index is 1.71. The van der Waals surface area contributed by atoms with Crippen molar-refractivity contribution < 1.29 is 4.79 Å². The smallest absolute Gasteiger partial charge is 0.233 e. The number of hydrogen-bond donors (Lipinski definition) is 1. The first-order valence-electron chi connectivity index (χ1n) is 8.13. The van der Waals surface area contributed by atoms with E-state index in [1.807, 2.05) is 0 Å². The van der Waals surface area contributed by atoms with Crippen molar-refractivity contribution in [1.82, 2.24) is 25.0 Å². The highest BCUT2D eigenvalue weighted by Gasteiger charge is 2.27. The van der Waals surface area contributed by atoms with Gasteiger partial charge in [-0.1, -0.05) is 6.42 Å². The van der Waals surface area contributed by atoms with Crippen LogP contribution in [0.15, 0.2) is 0 Å². The van der Waals surface area contributed by atoms with Crippen molar-refractivity contribution in [2.75, 3.05) is 26.7 Å². The number of likely N-dealkylation sites (tertiary alicyclic amines) is 1. The van der Waals surface area contributed by atoms with Crippen LogP contribution >= 0.6 is 0 Å². The molecule has 2 aliphatic rings. The summed E-state index contributed by atoms with van der Waals surface area (Å²) in [6, 6.07) is 0. The molecule has 1 unspecified atom stereocenters. The van der Waals surface area contributed by atoms with Crippen LogP contribution in [0, 0.1) is 0 Å². The Labute approximate surface area is 125 Å². The quantitative estimate of drug-likeness (QED) is 0.900. The molecule has 0 aliphatic carbocycles. The van der Waals surface area contributed by atoms with Crippen LogP contribution in [0.4, 0.5) is 0 Å². The number of piperidine rings is 1. The highest BCUT2D eigenvalue weighted by atomic mass is 16.1. The van der Waals surface area contributed by atoms with E-state index in [2.05, 4.69) is 25.0 Å². The first-order chi connectivity index (χ1) is 10.3. The monoisotopic (exact) mass is 291 g/mol. The van der Waals surface area contributed by atoms with E-state index in [1.54, 1.807) is 7.05 Å². The van der Waals surface area contributed by atoms with Crippen molar-refractivity contribution in [2.45, 2.75) is 51.0 Å². The second kappa shape index (κ2) is 6.56. The number of fused-ring (bicyclic) bond motifs is 1. The summed E-state index contributed by atoms with van der Waals surface area (Å²) in [5.41, 5.74) is 0. The Morgan fingerprint density at radius 3 is 3.00 bits per heavy atom. The third-order valence-electron chi connectivity index (χ3n) is 4.65. The number of carbonyl (C=O) groups is 1. The van der Waals surface area contributed by atoms with E-state index >= 15 is 0 Å². The van der Waals surface area contributed by atoms with Gasteiger partial charge in [0, 0.05) is 32.5 Å². The zero-order valence-corrected chi connectivity index (χ0v) is 12.8. The predicted molar refractivity (Wildman–Crippen MR) is 80.1 cm³/mol. The second-order valence-electron chi connectivity index (χ2n) is 6.18. The maximum atomic E-state index is 11.6. The number of rotatable bonds is 3. The van der Waals surface area contributed by atoms with Crippen molar-refractivity contribution in [3.63, 3.8) is 0 Å². The van der Waals surface area contributed by atoms with E-state index in [4.69, 9.17) is 0 Å². The maximum Gasteiger partial charge on any atom is 0.233 e. The summed E-state index contributed by atoms with van der Waals surface area (Å²) in [6.45, 7) is 3.48. The van der Waals surface area contributed by atoms with E-state index in [0.29, 0.717) is 12.5 Å². The largest absolute Gasteiger partial charge is 0.358 e. The van der Waals surface area contributed by atoms with Gasteiger partial charge in [-0.05, 0) is 32.2 Å². The van der Waals surface area contributed by atoms with Gasteiger partial charge in [0.25, 0.3) is 0 Å². The molecule has 1 aromatic rings. The van der Waals surface area contributed by atoms with Crippen LogP contribution in [0.5, 0.6) is 0 Å². The zero-order chi connectivity index (χ0) is 14.7. The van der Waals surface area contributed by atoms with Crippen LogP contribution in [-0.2, 0) is 17.8 Å². The van der Waals surface area contributed by atoms with Gasteiger partial charge in [0.05, 0.1) is 6.54 Å². The molecule has 0 saturated carbocycles. The lowest BCUT2D eigenvalue weighted by atomic mass is 9.97. The molecule has 6 nitrogen and oxygen atoms in total. The first kappa shape index (κ1) is 14.5. The van der Waals surface area contributed by atoms with Crippen molar-refractivity contribution >= 4 is 5.91 Å². The molecule has 3 heterocycles. The fourth-order valence-electron chi connectivity index (χ4n) is 3.50. The van der Waals surface area contributed by atoms with Gasteiger partial charge in [0.15, 0.2) is 0 Å². The third kappa shape index (κ3) is 3.26. The summed E-state index contributed by atoms with van der Waals surface area (Å²) in [7, 11) is 1.70. The molecule has 21 heavy (non-hydrogen) atoms. The van der Waals surface area contributed by atoms with Gasteiger partial charge in [-0.15, -0.1) is 10.2 Å². The molecule has 1 saturated heterocycles. The number of hydrogen-bond acceptors (Lipinski definition) is 4. The Kier molecular flexibility index (Phi) is 4.53. The Hall–Kier alpha value is -1.43. The van der Waals surface area contributed by atoms with Crippen molar-refractivity contribution in [1.29, 1.82) is 0 Å². The SMILES string of the molecule is CNC(=O)CN1CCCC(c2nnc3n2CCCCC3)C1. The van der Waals surface area contributed by atoms with Crippen LogP contribution < -0.4 is 5.32 Å². The van der Waals surface area contributed by atoms with E-state index in [1.165, 1.54) is 19.3 Å². The lowest BCUT2D eigenvalue weighted by Gasteiger charge is -2.31. The van der Waals surface area contributed by atoms with Gasteiger partial charge < -0.3 is 9.88 Å². The van der Waals surface area contributed by atoms with Crippen LogP contribution in [0.1, 0.15) is 49.7 Å². The molecule has 0 bridgehead atoms. The number of likely N-dealkylation sites (N-methyl/N-ethyl adjacent to an activating group) is 1. The molecular weight excluding hydrogens is 266 g/mol. The van der Waals surface area contributed by atoms with Crippen LogP contribution in [-0.4, -0.2) is 52.3 Å². The van der Waals surface area contributed by atoms with Crippen molar-refractivity contribution in [2.24, 2.45) is 0 Å². The molecule has 0 aromatic carbocycles. The minimum Gasteiger partial charge on any atom is -0.358 e. The summed E-state index contributed by atoms with van der Waals surface area (Å²) in [5.74, 6) is 2.82. The van der Waals surface area contributed by atoms with Gasteiger partial charge in [0.2, 0.25) is 5.91 Å². The molecule has 116 valence electrons. The molecule has 1 N–H and O–H groups in total.